The van der Waals surface area contributed by atoms with Gasteiger partial charge in [0.2, 0.25) is 0 Å². The van der Waals surface area contributed by atoms with E-state index < -0.39 is 11.3 Å². The molecule has 31 heavy (non-hydrogen) atoms. The van der Waals surface area contributed by atoms with Crippen molar-refractivity contribution in [1.82, 2.24) is 20.4 Å². The van der Waals surface area contributed by atoms with E-state index in [-0.39, 0.29) is 18.2 Å². The lowest BCUT2D eigenvalue weighted by Crippen LogP contribution is -2.54. The summed E-state index contributed by atoms with van der Waals surface area (Å²) in [7, 11) is 0. The van der Waals surface area contributed by atoms with Crippen LogP contribution in [0.2, 0.25) is 0 Å². The van der Waals surface area contributed by atoms with Crippen molar-refractivity contribution in [3.8, 4) is 0 Å². The third-order valence-electron chi connectivity index (χ3n) is 6.23. The van der Waals surface area contributed by atoms with E-state index in [1.807, 2.05) is 41.5 Å². The lowest BCUT2D eigenvalue weighted by atomic mass is 10.1. The molecule has 1 saturated carbocycles. The van der Waals surface area contributed by atoms with Gasteiger partial charge >= 0.3 is 6.09 Å². The van der Waals surface area contributed by atoms with Gasteiger partial charge in [0.15, 0.2) is 5.96 Å². The fourth-order valence-electron chi connectivity index (χ4n) is 4.67. The van der Waals surface area contributed by atoms with Crippen LogP contribution in [0, 0.1) is 5.92 Å². The van der Waals surface area contributed by atoms with Crippen molar-refractivity contribution < 1.29 is 14.3 Å². The Morgan fingerprint density at radius 1 is 1.23 bits per heavy atom. The van der Waals surface area contributed by atoms with Crippen LogP contribution in [0.5, 0.6) is 0 Å². The summed E-state index contributed by atoms with van der Waals surface area (Å²) in [5.74, 6) is 1.43. The zero-order valence-electron chi connectivity index (χ0n) is 20.5. The maximum atomic E-state index is 12.9. The van der Waals surface area contributed by atoms with Gasteiger partial charge in [0.25, 0.3) is 0 Å². The molecule has 178 valence electrons. The first-order valence-corrected chi connectivity index (χ1v) is 12.0. The zero-order chi connectivity index (χ0) is 22.8. The van der Waals surface area contributed by atoms with Crippen molar-refractivity contribution in [2.45, 2.75) is 97.2 Å². The monoisotopic (exact) mass is 437 g/mol. The lowest BCUT2D eigenvalue weighted by Gasteiger charge is -2.35. The molecule has 3 atom stereocenters. The van der Waals surface area contributed by atoms with Gasteiger partial charge in [0.05, 0.1) is 12.1 Å². The topological polar surface area (TPSA) is 78.4 Å². The first-order valence-electron chi connectivity index (χ1n) is 12.0. The number of hydrogen-bond donors (Lipinski definition) is 2. The number of likely N-dealkylation sites (tertiary alicyclic amines) is 1. The molecule has 0 bridgehead atoms. The molecule has 3 unspecified atom stereocenters. The SMILES string of the molecule is CCNC(=NCC1CCN(C2CC2)C1)NCC1C(C)OC(C)(C)N1C(=O)OC(C)(C)C. The molecule has 0 aromatic rings. The van der Waals surface area contributed by atoms with Crippen molar-refractivity contribution in [3.63, 3.8) is 0 Å². The lowest BCUT2D eigenvalue weighted by molar-refractivity contribution is -0.0755. The highest BCUT2D eigenvalue weighted by Gasteiger charge is 2.49. The molecule has 1 aliphatic carbocycles. The van der Waals surface area contributed by atoms with Crippen molar-refractivity contribution in [3.05, 3.63) is 0 Å². The second-order valence-electron chi connectivity index (χ2n) is 10.7. The van der Waals surface area contributed by atoms with Gasteiger partial charge in [-0.1, -0.05) is 0 Å². The molecule has 3 aliphatic rings. The number of nitrogens with zero attached hydrogens (tertiary/aromatic N) is 3. The number of carbonyl (C=O) groups is 1. The van der Waals surface area contributed by atoms with Crippen LogP contribution in [0.3, 0.4) is 0 Å². The smallest absolute Gasteiger partial charge is 0.412 e. The Morgan fingerprint density at radius 3 is 2.55 bits per heavy atom. The molecule has 8 heteroatoms. The molecule has 0 aromatic carbocycles. The van der Waals surface area contributed by atoms with Gasteiger partial charge in [-0.15, -0.1) is 0 Å². The van der Waals surface area contributed by atoms with Crippen LogP contribution in [0.1, 0.15) is 67.7 Å². The quantitative estimate of drug-likeness (QED) is 0.491. The van der Waals surface area contributed by atoms with Gasteiger partial charge in [0, 0.05) is 32.2 Å². The Hall–Kier alpha value is -1.54. The summed E-state index contributed by atoms with van der Waals surface area (Å²) in [5.41, 5.74) is -1.28. The second-order valence-corrected chi connectivity index (χ2v) is 10.7. The highest BCUT2D eigenvalue weighted by molar-refractivity contribution is 5.80. The van der Waals surface area contributed by atoms with Crippen molar-refractivity contribution in [1.29, 1.82) is 0 Å². The van der Waals surface area contributed by atoms with E-state index in [4.69, 9.17) is 14.5 Å². The summed E-state index contributed by atoms with van der Waals surface area (Å²) in [6, 6.07) is 0.692. The average Bonchev–Trinajstić information content (AvgIpc) is 3.32. The minimum absolute atomic E-state index is 0.111. The molecule has 0 aromatic heterocycles. The van der Waals surface area contributed by atoms with E-state index >= 15 is 0 Å². The van der Waals surface area contributed by atoms with Crippen LogP contribution in [-0.4, -0.2) is 84.1 Å². The fraction of sp³-hybridized carbons (Fsp3) is 0.913. The van der Waals surface area contributed by atoms with E-state index in [2.05, 4.69) is 22.5 Å². The number of ether oxygens (including phenoxy) is 2. The maximum Gasteiger partial charge on any atom is 0.412 e. The highest BCUT2D eigenvalue weighted by atomic mass is 16.6. The highest BCUT2D eigenvalue weighted by Crippen LogP contribution is 2.33. The Bertz CT molecular complexity index is 656. The normalized spacial score (nSPS) is 29.3. The molecule has 8 nitrogen and oxygen atoms in total. The van der Waals surface area contributed by atoms with Gasteiger partial charge in [-0.05, 0) is 80.2 Å². The van der Waals surface area contributed by atoms with Crippen LogP contribution in [0.25, 0.3) is 0 Å². The Balaban J connectivity index is 1.60. The summed E-state index contributed by atoms with van der Waals surface area (Å²) in [6.07, 6.45) is 3.51. The fourth-order valence-corrected chi connectivity index (χ4v) is 4.67. The third-order valence-corrected chi connectivity index (χ3v) is 6.23. The van der Waals surface area contributed by atoms with E-state index in [1.54, 1.807) is 4.90 Å². The summed E-state index contributed by atoms with van der Waals surface area (Å²) in [5, 5.41) is 6.79. The van der Waals surface area contributed by atoms with Gasteiger partial charge in [-0.2, -0.15) is 0 Å². The number of amides is 1. The van der Waals surface area contributed by atoms with E-state index in [9.17, 15) is 4.79 Å². The predicted molar refractivity (Wildman–Crippen MR) is 123 cm³/mol. The number of aliphatic imine (C=N–C) groups is 1. The van der Waals surface area contributed by atoms with Gasteiger partial charge in [-0.25, -0.2) is 4.79 Å². The summed E-state index contributed by atoms with van der Waals surface area (Å²) < 4.78 is 11.8. The predicted octanol–water partition coefficient (Wildman–Crippen LogP) is 2.79. The molecule has 2 aliphatic heterocycles. The van der Waals surface area contributed by atoms with Crippen molar-refractivity contribution in [2.24, 2.45) is 10.9 Å². The van der Waals surface area contributed by atoms with Crippen LogP contribution in [0.15, 0.2) is 4.99 Å². The largest absolute Gasteiger partial charge is 0.444 e. The van der Waals surface area contributed by atoms with Crippen LogP contribution >= 0.6 is 0 Å². The molecule has 1 amide bonds. The van der Waals surface area contributed by atoms with E-state index in [0.717, 1.165) is 25.1 Å². The van der Waals surface area contributed by atoms with Crippen LogP contribution in [-0.2, 0) is 9.47 Å². The molecule has 3 rings (SSSR count). The Labute approximate surface area is 188 Å². The Kier molecular flexibility index (Phi) is 7.41. The van der Waals surface area contributed by atoms with Gasteiger partial charge in [-0.3, -0.25) is 9.89 Å². The number of hydrogen-bond acceptors (Lipinski definition) is 5. The maximum absolute atomic E-state index is 12.9. The molecule has 0 radical (unpaired) electrons. The summed E-state index contributed by atoms with van der Waals surface area (Å²) in [4.78, 5) is 22.1. The van der Waals surface area contributed by atoms with E-state index in [0.29, 0.717) is 12.5 Å². The standard InChI is InChI=1S/C23H43N5O3/c1-8-24-20(25-13-17-11-12-27(15-17)18-9-10-18)26-14-19-16(2)30-23(6,7)28(19)21(29)31-22(3,4)5/h16-19H,8-15H2,1-7H3,(H2,24,25,26). The molecule has 3 fully saturated rings. The molecular weight excluding hydrogens is 394 g/mol. The summed E-state index contributed by atoms with van der Waals surface area (Å²) >= 11 is 0. The molecular formula is C23H43N5O3. The Morgan fingerprint density at radius 2 is 1.94 bits per heavy atom. The molecule has 0 spiro atoms. The third kappa shape index (κ3) is 6.48. The van der Waals surface area contributed by atoms with Crippen molar-refractivity contribution >= 4 is 12.1 Å². The number of guanidine groups is 1. The van der Waals surface area contributed by atoms with Crippen molar-refractivity contribution in [2.75, 3.05) is 32.7 Å². The molecule has 2 heterocycles. The second kappa shape index (κ2) is 9.53. The minimum atomic E-state index is -0.723. The molecule has 2 N–H and O–H groups in total. The first kappa shape index (κ1) is 24.1. The van der Waals surface area contributed by atoms with Gasteiger partial charge in [0.1, 0.15) is 11.3 Å². The van der Waals surface area contributed by atoms with E-state index in [1.165, 1.54) is 32.4 Å². The average molecular weight is 438 g/mol. The van der Waals surface area contributed by atoms with Crippen LogP contribution in [0.4, 0.5) is 4.79 Å². The summed E-state index contributed by atoms with van der Waals surface area (Å²) in [6.45, 7) is 18.1. The number of rotatable bonds is 6. The number of nitrogens with one attached hydrogen (secondary N) is 2. The van der Waals surface area contributed by atoms with Crippen LogP contribution < -0.4 is 10.6 Å². The first-order chi connectivity index (χ1) is 14.5. The number of carbonyl (C=O) groups excluding carboxylic acids is 1. The minimum Gasteiger partial charge on any atom is -0.444 e. The van der Waals surface area contributed by atoms with Gasteiger partial charge < -0.3 is 25.0 Å². The molecule has 2 saturated heterocycles. The zero-order valence-corrected chi connectivity index (χ0v) is 20.5.